The summed E-state index contributed by atoms with van der Waals surface area (Å²) in [6.45, 7) is 2.15. The highest BCUT2D eigenvalue weighted by Crippen LogP contribution is 2.40. The predicted molar refractivity (Wildman–Crippen MR) is 109 cm³/mol. The number of aromatic nitrogens is 2. The van der Waals surface area contributed by atoms with Crippen LogP contribution in [0, 0.1) is 6.92 Å². The highest BCUT2D eigenvalue weighted by atomic mass is 32.2. The molecule has 0 amide bonds. The number of rotatable bonds is 4. The molecule has 0 aliphatic rings. The Labute approximate surface area is 155 Å². The molecule has 0 aliphatic carbocycles. The van der Waals surface area contributed by atoms with E-state index >= 15 is 0 Å². The van der Waals surface area contributed by atoms with Gasteiger partial charge >= 0.3 is 0 Å². The summed E-state index contributed by atoms with van der Waals surface area (Å²) in [5.74, 6) is 0.853. The van der Waals surface area contributed by atoms with Crippen molar-refractivity contribution in [2.75, 3.05) is 11.6 Å². The van der Waals surface area contributed by atoms with Gasteiger partial charge in [0.05, 0.1) is 5.39 Å². The highest BCUT2D eigenvalue weighted by Gasteiger charge is 2.16. The largest absolute Gasteiger partial charge is 0.340 e. The standard InChI is InChI=1S/C20H17N3S2/c1-13-17(14-7-4-3-5-8-14)18-19(21-12-22-20(18)25-13)23-15-9-6-10-16(11-15)24-2/h3-12H,1-2H3,(H,21,22,23). The minimum atomic E-state index is 0.853. The maximum absolute atomic E-state index is 4.53. The molecule has 0 spiro atoms. The number of nitrogens with zero attached hydrogens (tertiary/aromatic N) is 2. The maximum atomic E-state index is 4.53. The molecular weight excluding hydrogens is 346 g/mol. The van der Waals surface area contributed by atoms with E-state index in [1.54, 1.807) is 29.4 Å². The minimum Gasteiger partial charge on any atom is -0.340 e. The van der Waals surface area contributed by atoms with Crippen molar-refractivity contribution in [2.45, 2.75) is 11.8 Å². The molecule has 0 atom stereocenters. The van der Waals surface area contributed by atoms with Crippen LogP contribution in [0.5, 0.6) is 0 Å². The van der Waals surface area contributed by atoms with Crippen molar-refractivity contribution >= 4 is 44.8 Å². The summed E-state index contributed by atoms with van der Waals surface area (Å²) in [5.41, 5.74) is 3.45. The second-order valence-electron chi connectivity index (χ2n) is 5.66. The number of thiophene rings is 1. The summed E-state index contributed by atoms with van der Waals surface area (Å²) in [6, 6.07) is 18.8. The van der Waals surface area contributed by atoms with Crippen LogP contribution in [0.25, 0.3) is 21.3 Å². The van der Waals surface area contributed by atoms with Crippen LogP contribution in [0.1, 0.15) is 4.88 Å². The zero-order valence-electron chi connectivity index (χ0n) is 14.0. The van der Waals surface area contributed by atoms with E-state index in [1.807, 2.05) is 6.07 Å². The Morgan fingerprint density at radius 3 is 2.64 bits per heavy atom. The molecule has 1 N–H and O–H groups in total. The Balaban J connectivity index is 1.87. The molecular formula is C20H17N3S2. The first-order valence-corrected chi connectivity index (χ1v) is 10.0. The van der Waals surface area contributed by atoms with Crippen molar-refractivity contribution in [1.29, 1.82) is 0 Å². The van der Waals surface area contributed by atoms with E-state index in [9.17, 15) is 0 Å². The normalized spacial score (nSPS) is 11.0. The Morgan fingerprint density at radius 2 is 1.84 bits per heavy atom. The van der Waals surface area contributed by atoms with E-state index in [0.29, 0.717) is 0 Å². The van der Waals surface area contributed by atoms with Crippen LogP contribution in [0.4, 0.5) is 11.5 Å². The third-order valence-electron chi connectivity index (χ3n) is 4.06. The van der Waals surface area contributed by atoms with E-state index in [1.165, 1.54) is 20.9 Å². The van der Waals surface area contributed by atoms with Crippen LogP contribution in [0.2, 0.25) is 0 Å². The van der Waals surface area contributed by atoms with Crippen molar-refractivity contribution in [3.63, 3.8) is 0 Å². The minimum absolute atomic E-state index is 0.853. The zero-order valence-corrected chi connectivity index (χ0v) is 15.6. The maximum Gasteiger partial charge on any atom is 0.143 e. The monoisotopic (exact) mass is 363 g/mol. The first kappa shape index (κ1) is 16.1. The molecule has 2 aromatic heterocycles. The van der Waals surface area contributed by atoms with Gasteiger partial charge in [-0.3, -0.25) is 0 Å². The molecule has 0 bridgehead atoms. The molecule has 0 fully saturated rings. The van der Waals surface area contributed by atoms with Gasteiger partial charge in [0.1, 0.15) is 17.0 Å². The molecule has 0 aliphatic heterocycles. The lowest BCUT2D eigenvalue weighted by atomic mass is 10.0. The van der Waals surface area contributed by atoms with Gasteiger partial charge in [0.25, 0.3) is 0 Å². The van der Waals surface area contributed by atoms with Crippen LogP contribution in [0.3, 0.4) is 0 Å². The van der Waals surface area contributed by atoms with Gasteiger partial charge < -0.3 is 5.32 Å². The van der Waals surface area contributed by atoms with Crippen LogP contribution >= 0.6 is 23.1 Å². The van der Waals surface area contributed by atoms with Crippen LogP contribution in [-0.4, -0.2) is 16.2 Å². The summed E-state index contributed by atoms with van der Waals surface area (Å²) in [6.07, 6.45) is 3.71. The van der Waals surface area contributed by atoms with Crippen LogP contribution in [-0.2, 0) is 0 Å². The highest BCUT2D eigenvalue weighted by molar-refractivity contribution is 7.98. The van der Waals surface area contributed by atoms with Gasteiger partial charge in [-0.05, 0) is 36.9 Å². The average molecular weight is 364 g/mol. The van der Waals surface area contributed by atoms with Gasteiger partial charge in [-0.2, -0.15) is 0 Å². The molecule has 2 aromatic carbocycles. The number of thioether (sulfide) groups is 1. The van der Waals surface area contributed by atoms with Gasteiger partial charge in [0, 0.05) is 21.0 Å². The summed E-state index contributed by atoms with van der Waals surface area (Å²) >= 11 is 3.44. The first-order valence-electron chi connectivity index (χ1n) is 7.97. The van der Waals surface area contributed by atoms with E-state index in [2.05, 4.69) is 77.0 Å². The molecule has 3 nitrogen and oxygen atoms in total. The second-order valence-corrected chi connectivity index (χ2v) is 7.74. The summed E-state index contributed by atoms with van der Waals surface area (Å²) in [4.78, 5) is 12.5. The molecule has 124 valence electrons. The van der Waals surface area contributed by atoms with Gasteiger partial charge in [-0.15, -0.1) is 23.1 Å². The Hall–Kier alpha value is -2.37. The second kappa shape index (κ2) is 6.86. The lowest BCUT2D eigenvalue weighted by Gasteiger charge is -2.10. The number of hydrogen-bond donors (Lipinski definition) is 1. The fourth-order valence-corrected chi connectivity index (χ4v) is 4.40. The smallest absolute Gasteiger partial charge is 0.143 e. The Morgan fingerprint density at radius 1 is 1.00 bits per heavy atom. The topological polar surface area (TPSA) is 37.8 Å². The molecule has 0 radical (unpaired) electrons. The summed E-state index contributed by atoms with van der Waals surface area (Å²) < 4.78 is 0. The van der Waals surface area contributed by atoms with E-state index in [4.69, 9.17) is 0 Å². The zero-order chi connectivity index (χ0) is 17.2. The van der Waals surface area contributed by atoms with Gasteiger partial charge in [0.15, 0.2) is 0 Å². The quantitative estimate of drug-likeness (QED) is 0.442. The molecule has 0 saturated carbocycles. The lowest BCUT2D eigenvalue weighted by molar-refractivity contribution is 1.23. The van der Waals surface area contributed by atoms with Crippen molar-refractivity contribution in [3.05, 3.63) is 65.8 Å². The Kier molecular flexibility index (Phi) is 4.42. The number of fused-ring (bicyclic) bond motifs is 1. The summed E-state index contributed by atoms with van der Waals surface area (Å²) in [7, 11) is 0. The van der Waals surface area contributed by atoms with Crippen molar-refractivity contribution in [2.24, 2.45) is 0 Å². The van der Waals surface area contributed by atoms with Gasteiger partial charge in [0.2, 0.25) is 0 Å². The molecule has 4 rings (SSSR count). The number of nitrogens with one attached hydrogen (secondary N) is 1. The Bertz CT molecular complexity index is 1030. The van der Waals surface area contributed by atoms with Crippen LogP contribution < -0.4 is 5.32 Å². The van der Waals surface area contributed by atoms with Crippen molar-refractivity contribution < 1.29 is 0 Å². The van der Waals surface area contributed by atoms with Gasteiger partial charge in [-0.25, -0.2) is 9.97 Å². The fraction of sp³-hybridized carbons (Fsp3) is 0.100. The fourth-order valence-electron chi connectivity index (χ4n) is 2.93. The number of benzene rings is 2. The van der Waals surface area contributed by atoms with Crippen LogP contribution in [0.15, 0.2) is 65.8 Å². The third-order valence-corrected chi connectivity index (χ3v) is 5.80. The number of hydrogen-bond acceptors (Lipinski definition) is 5. The molecule has 5 heteroatoms. The van der Waals surface area contributed by atoms with Crippen molar-refractivity contribution in [3.8, 4) is 11.1 Å². The lowest BCUT2D eigenvalue weighted by Crippen LogP contribution is -1.95. The van der Waals surface area contributed by atoms with Gasteiger partial charge in [-0.1, -0.05) is 36.4 Å². The molecule has 0 saturated heterocycles. The van der Waals surface area contributed by atoms with E-state index < -0.39 is 0 Å². The molecule has 25 heavy (non-hydrogen) atoms. The van der Waals surface area contributed by atoms with E-state index in [0.717, 1.165) is 21.7 Å². The third kappa shape index (κ3) is 3.13. The number of anilines is 2. The summed E-state index contributed by atoms with van der Waals surface area (Å²) in [5, 5.41) is 4.58. The predicted octanol–water partition coefficient (Wildman–Crippen LogP) is 6.13. The average Bonchev–Trinajstić information content (AvgIpc) is 2.99. The number of aryl methyl sites for hydroxylation is 1. The molecule has 2 heterocycles. The molecule has 4 aromatic rings. The SMILES string of the molecule is CSc1cccc(Nc2ncnc3sc(C)c(-c4ccccc4)c23)c1. The molecule has 0 unspecified atom stereocenters. The van der Waals surface area contributed by atoms with Crippen molar-refractivity contribution in [1.82, 2.24) is 9.97 Å². The first-order chi connectivity index (χ1) is 12.3. The van der Waals surface area contributed by atoms with E-state index in [-0.39, 0.29) is 0 Å².